The number of hydrogen-bond donors (Lipinski definition) is 1. The van der Waals surface area contributed by atoms with Gasteiger partial charge in [0.05, 0.1) is 11.0 Å². The highest BCUT2D eigenvalue weighted by Gasteiger charge is 2.13. The Morgan fingerprint density at radius 3 is 2.78 bits per heavy atom. The van der Waals surface area contributed by atoms with E-state index >= 15 is 0 Å². The molecule has 1 N–H and O–H groups in total. The summed E-state index contributed by atoms with van der Waals surface area (Å²) in [6, 6.07) is 3.20. The molecule has 4 heteroatoms. The zero-order valence-electron chi connectivity index (χ0n) is 10.8. The van der Waals surface area contributed by atoms with Crippen LogP contribution in [0.15, 0.2) is 21.0 Å². The first-order valence-corrected chi connectivity index (χ1v) is 6.86. The van der Waals surface area contributed by atoms with Crippen molar-refractivity contribution in [1.82, 2.24) is 5.32 Å². The van der Waals surface area contributed by atoms with Gasteiger partial charge in [-0.05, 0) is 46.9 Å². The maximum absolute atomic E-state index is 13.4. The first-order valence-electron chi connectivity index (χ1n) is 6.06. The highest BCUT2D eigenvalue weighted by Crippen LogP contribution is 2.29. The fourth-order valence-corrected chi connectivity index (χ4v) is 2.25. The van der Waals surface area contributed by atoms with Gasteiger partial charge in [-0.3, -0.25) is 0 Å². The molecule has 98 valence electrons. The van der Waals surface area contributed by atoms with E-state index in [-0.39, 0.29) is 5.82 Å². The van der Waals surface area contributed by atoms with Gasteiger partial charge in [-0.25, -0.2) is 4.39 Å². The van der Waals surface area contributed by atoms with Crippen LogP contribution in [0.4, 0.5) is 4.39 Å². The van der Waals surface area contributed by atoms with Gasteiger partial charge in [0.2, 0.25) is 0 Å². The van der Waals surface area contributed by atoms with Crippen LogP contribution in [0.2, 0.25) is 0 Å². The second kappa shape index (κ2) is 5.41. The first kappa shape index (κ1) is 13.6. The second-order valence-electron chi connectivity index (χ2n) is 4.94. The van der Waals surface area contributed by atoms with Crippen molar-refractivity contribution >= 4 is 26.9 Å². The van der Waals surface area contributed by atoms with Crippen LogP contribution in [0.5, 0.6) is 0 Å². The van der Waals surface area contributed by atoms with Crippen molar-refractivity contribution < 1.29 is 8.81 Å². The highest BCUT2D eigenvalue weighted by molar-refractivity contribution is 9.10. The minimum atomic E-state index is -0.294. The van der Waals surface area contributed by atoms with Gasteiger partial charge in [0.15, 0.2) is 0 Å². The molecular weight excluding hydrogens is 297 g/mol. The number of hydrogen-bond acceptors (Lipinski definition) is 2. The van der Waals surface area contributed by atoms with E-state index in [9.17, 15) is 4.39 Å². The Kier molecular flexibility index (Phi) is 4.07. The molecule has 0 bridgehead atoms. The molecular formula is C14H17BrFNO. The summed E-state index contributed by atoms with van der Waals surface area (Å²) in [5.41, 5.74) is 1.68. The van der Waals surface area contributed by atoms with Gasteiger partial charge in [0.1, 0.15) is 17.2 Å². The molecule has 2 nitrogen and oxygen atoms in total. The van der Waals surface area contributed by atoms with Crippen LogP contribution in [0.25, 0.3) is 11.0 Å². The van der Waals surface area contributed by atoms with E-state index in [0.717, 1.165) is 23.3 Å². The fraction of sp³-hybridized carbons (Fsp3) is 0.429. The van der Waals surface area contributed by atoms with Crippen molar-refractivity contribution in [3.05, 3.63) is 33.7 Å². The summed E-state index contributed by atoms with van der Waals surface area (Å²) >= 11 is 3.20. The lowest BCUT2D eigenvalue weighted by Gasteiger charge is -2.05. The van der Waals surface area contributed by atoms with Crippen LogP contribution in [-0.4, -0.2) is 6.54 Å². The summed E-state index contributed by atoms with van der Waals surface area (Å²) in [6.07, 6.45) is 0. The molecule has 0 aliphatic heterocycles. The molecule has 1 aromatic heterocycles. The van der Waals surface area contributed by atoms with Gasteiger partial charge in [0, 0.05) is 11.5 Å². The van der Waals surface area contributed by atoms with Gasteiger partial charge in [-0.1, -0.05) is 13.8 Å². The van der Waals surface area contributed by atoms with Crippen molar-refractivity contribution in [2.24, 2.45) is 5.92 Å². The van der Waals surface area contributed by atoms with Crippen molar-refractivity contribution in [3.63, 3.8) is 0 Å². The molecule has 0 fully saturated rings. The maximum Gasteiger partial charge on any atom is 0.141 e. The molecule has 0 atom stereocenters. The van der Waals surface area contributed by atoms with Gasteiger partial charge in [-0.15, -0.1) is 0 Å². The van der Waals surface area contributed by atoms with E-state index in [2.05, 4.69) is 35.1 Å². The van der Waals surface area contributed by atoms with Gasteiger partial charge in [0.25, 0.3) is 0 Å². The number of benzene rings is 1. The molecule has 2 rings (SSSR count). The molecule has 0 amide bonds. The largest absolute Gasteiger partial charge is 0.459 e. The zero-order valence-corrected chi connectivity index (χ0v) is 12.4. The average molecular weight is 314 g/mol. The Labute approximate surface area is 115 Å². The van der Waals surface area contributed by atoms with E-state index < -0.39 is 0 Å². The Bertz CT molecular complexity index is 562. The van der Waals surface area contributed by atoms with Crippen molar-refractivity contribution in [3.8, 4) is 0 Å². The summed E-state index contributed by atoms with van der Waals surface area (Å²) in [5, 5.41) is 4.30. The molecule has 0 spiro atoms. The van der Waals surface area contributed by atoms with E-state index in [1.807, 2.05) is 6.92 Å². The van der Waals surface area contributed by atoms with Crippen LogP contribution >= 0.6 is 15.9 Å². The Hall–Kier alpha value is -0.870. The minimum Gasteiger partial charge on any atom is -0.459 e. The summed E-state index contributed by atoms with van der Waals surface area (Å²) in [4.78, 5) is 0. The summed E-state index contributed by atoms with van der Waals surface area (Å²) in [7, 11) is 0. The average Bonchev–Trinajstić information content (AvgIpc) is 2.57. The Morgan fingerprint density at radius 1 is 1.39 bits per heavy atom. The van der Waals surface area contributed by atoms with E-state index in [1.165, 1.54) is 6.07 Å². The third kappa shape index (κ3) is 2.75. The predicted molar refractivity (Wildman–Crippen MR) is 75.2 cm³/mol. The lowest BCUT2D eigenvalue weighted by Crippen LogP contribution is -2.18. The summed E-state index contributed by atoms with van der Waals surface area (Å²) in [5.74, 6) is 1.18. The molecule has 2 aromatic rings. The van der Waals surface area contributed by atoms with E-state index in [1.54, 1.807) is 6.07 Å². The molecule has 18 heavy (non-hydrogen) atoms. The number of nitrogens with one attached hydrogen (secondary N) is 1. The molecule has 0 aliphatic carbocycles. The molecule has 0 aliphatic rings. The van der Waals surface area contributed by atoms with Crippen LogP contribution in [0.3, 0.4) is 0 Å². The summed E-state index contributed by atoms with van der Waals surface area (Å²) < 4.78 is 19.6. The zero-order chi connectivity index (χ0) is 13.3. The van der Waals surface area contributed by atoms with Crippen molar-refractivity contribution in [2.75, 3.05) is 6.54 Å². The standard InChI is InChI=1S/C14H17BrFNO/c1-8(2)6-17-7-14-9(3)10-4-11(15)12(16)5-13(10)18-14/h4-5,8,17H,6-7H2,1-3H3. The fourth-order valence-electron chi connectivity index (χ4n) is 1.91. The Morgan fingerprint density at radius 2 is 2.11 bits per heavy atom. The first-order chi connectivity index (χ1) is 8.49. The van der Waals surface area contributed by atoms with Crippen LogP contribution in [-0.2, 0) is 6.54 Å². The van der Waals surface area contributed by atoms with Gasteiger partial charge >= 0.3 is 0 Å². The topological polar surface area (TPSA) is 25.2 Å². The van der Waals surface area contributed by atoms with Crippen LogP contribution in [0, 0.1) is 18.7 Å². The second-order valence-corrected chi connectivity index (χ2v) is 5.79. The predicted octanol–water partition coefficient (Wildman–Crippen LogP) is 4.39. The number of rotatable bonds is 4. The van der Waals surface area contributed by atoms with E-state index in [0.29, 0.717) is 22.5 Å². The van der Waals surface area contributed by atoms with Crippen LogP contribution in [0.1, 0.15) is 25.2 Å². The SMILES string of the molecule is Cc1c(CNCC(C)C)oc2cc(F)c(Br)cc12. The third-order valence-corrected chi connectivity index (χ3v) is 3.52. The normalized spacial score (nSPS) is 11.7. The number of aryl methyl sites for hydroxylation is 1. The Balaban J connectivity index is 2.27. The molecule has 0 radical (unpaired) electrons. The third-order valence-electron chi connectivity index (χ3n) is 2.92. The lowest BCUT2D eigenvalue weighted by molar-refractivity contribution is 0.481. The molecule has 0 unspecified atom stereocenters. The monoisotopic (exact) mass is 313 g/mol. The van der Waals surface area contributed by atoms with E-state index in [4.69, 9.17) is 4.42 Å². The minimum absolute atomic E-state index is 0.294. The molecule has 0 saturated carbocycles. The molecule has 0 saturated heterocycles. The lowest BCUT2D eigenvalue weighted by atomic mass is 10.1. The summed E-state index contributed by atoms with van der Waals surface area (Å²) in [6.45, 7) is 7.94. The van der Waals surface area contributed by atoms with Crippen molar-refractivity contribution in [1.29, 1.82) is 0 Å². The number of halogens is 2. The molecule has 1 aromatic carbocycles. The number of fused-ring (bicyclic) bond motifs is 1. The smallest absolute Gasteiger partial charge is 0.141 e. The van der Waals surface area contributed by atoms with Gasteiger partial charge in [-0.2, -0.15) is 0 Å². The van der Waals surface area contributed by atoms with Crippen LogP contribution < -0.4 is 5.32 Å². The molecule has 1 heterocycles. The highest BCUT2D eigenvalue weighted by atomic mass is 79.9. The quantitative estimate of drug-likeness (QED) is 0.905. The maximum atomic E-state index is 13.4. The van der Waals surface area contributed by atoms with Crippen molar-refractivity contribution in [2.45, 2.75) is 27.3 Å². The number of furan rings is 1. The van der Waals surface area contributed by atoms with Gasteiger partial charge < -0.3 is 9.73 Å².